The first-order valence-corrected chi connectivity index (χ1v) is 9.61. The molecule has 0 radical (unpaired) electrons. The van der Waals surface area contributed by atoms with Gasteiger partial charge in [0.05, 0.1) is 19.2 Å². The van der Waals surface area contributed by atoms with Gasteiger partial charge in [0, 0.05) is 24.3 Å². The molecule has 0 unspecified atom stereocenters. The Balaban J connectivity index is 1.84. The van der Waals surface area contributed by atoms with Crippen molar-refractivity contribution in [3.8, 4) is 0 Å². The number of ether oxygens (including phenoxy) is 2. The maximum Gasteiger partial charge on any atom is 0.408 e. The number of nitrogens with one attached hydrogen (secondary N) is 1. The van der Waals surface area contributed by atoms with Gasteiger partial charge < -0.3 is 19.4 Å². The highest BCUT2D eigenvalue weighted by Gasteiger charge is 2.19. The van der Waals surface area contributed by atoms with E-state index < -0.39 is 17.7 Å². The molecule has 3 rings (SSSR count). The van der Waals surface area contributed by atoms with Gasteiger partial charge in [0.15, 0.2) is 5.69 Å². The minimum atomic E-state index is -0.603. The van der Waals surface area contributed by atoms with Crippen molar-refractivity contribution < 1.29 is 19.1 Å². The van der Waals surface area contributed by atoms with Crippen LogP contribution in [0.2, 0.25) is 0 Å². The Morgan fingerprint density at radius 3 is 2.67 bits per heavy atom. The van der Waals surface area contributed by atoms with Crippen LogP contribution in [0.5, 0.6) is 0 Å². The third-order valence-electron chi connectivity index (χ3n) is 4.28. The number of pyridine rings is 1. The van der Waals surface area contributed by atoms with Crippen molar-refractivity contribution in [3.05, 3.63) is 59.3 Å². The van der Waals surface area contributed by atoms with Crippen molar-refractivity contribution >= 4 is 23.0 Å². The maximum atomic E-state index is 12.0. The lowest BCUT2D eigenvalue weighted by Crippen LogP contribution is -2.32. The Labute approximate surface area is 175 Å². The van der Waals surface area contributed by atoms with E-state index in [9.17, 15) is 9.59 Å². The average Bonchev–Trinajstić information content (AvgIpc) is 3.06. The van der Waals surface area contributed by atoms with E-state index in [1.54, 1.807) is 27.0 Å². The van der Waals surface area contributed by atoms with Gasteiger partial charge in [-0.1, -0.05) is 6.07 Å². The van der Waals surface area contributed by atoms with E-state index in [-0.39, 0.29) is 12.2 Å². The van der Waals surface area contributed by atoms with E-state index in [1.807, 2.05) is 29.8 Å². The van der Waals surface area contributed by atoms with Gasteiger partial charge in [0.1, 0.15) is 11.4 Å². The molecule has 30 heavy (non-hydrogen) atoms. The Bertz CT molecular complexity index is 1080. The van der Waals surface area contributed by atoms with Crippen LogP contribution in [0.1, 0.15) is 48.2 Å². The molecule has 2 aromatic heterocycles. The molecule has 1 N–H and O–H groups in total. The fourth-order valence-corrected chi connectivity index (χ4v) is 2.99. The summed E-state index contributed by atoms with van der Waals surface area (Å²) >= 11 is 0. The van der Waals surface area contributed by atoms with Crippen LogP contribution in [0.3, 0.4) is 0 Å². The van der Waals surface area contributed by atoms with Crippen LogP contribution in [0.25, 0.3) is 10.9 Å². The van der Waals surface area contributed by atoms with Crippen LogP contribution < -0.4 is 5.32 Å². The minimum absolute atomic E-state index is 0.111. The van der Waals surface area contributed by atoms with Gasteiger partial charge in [-0.15, -0.1) is 0 Å². The molecule has 0 atom stereocenters. The molecule has 0 aliphatic heterocycles. The van der Waals surface area contributed by atoms with Gasteiger partial charge >= 0.3 is 12.1 Å². The Kier molecular flexibility index (Phi) is 6.05. The minimum Gasteiger partial charge on any atom is -0.464 e. The molecule has 0 aliphatic rings. The fourth-order valence-electron chi connectivity index (χ4n) is 2.99. The number of aromatic nitrogens is 3. The zero-order chi connectivity index (χ0) is 21.9. The first-order valence-electron chi connectivity index (χ1n) is 9.61. The van der Waals surface area contributed by atoms with Gasteiger partial charge in [-0.25, -0.2) is 14.6 Å². The zero-order valence-corrected chi connectivity index (χ0v) is 17.9. The molecule has 0 fully saturated rings. The number of carbonyl (C=O) groups is 2. The number of hydrogen-bond acceptors (Lipinski definition) is 6. The van der Waals surface area contributed by atoms with Crippen molar-refractivity contribution in [2.24, 2.45) is 0 Å². The quantitative estimate of drug-likeness (QED) is 0.646. The highest BCUT2D eigenvalue weighted by atomic mass is 16.6. The van der Waals surface area contributed by atoms with Gasteiger partial charge in [0.25, 0.3) is 0 Å². The normalized spacial score (nSPS) is 11.4. The largest absolute Gasteiger partial charge is 0.464 e. The molecule has 8 heteroatoms. The van der Waals surface area contributed by atoms with Gasteiger partial charge in [0.2, 0.25) is 0 Å². The van der Waals surface area contributed by atoms with E-state index in [0.29, 0.717) is 12.4 Å². The SMILES string of the molecule is COC(=O)c1cn(Cc2ccc3ncc(C)cc3c2)c(CNC(=O)OC(C)(C)C)n1. The molecule has 2 heterocycles. The number of carbonyl (C=O) groups excluding carboxylic acids is 2. The van der Waals surface area contributed by atoms with Gasteiger partial charge in [-0.2, -0.15) is 0 Å². The van der Waals surface area contributed by atoms with Crippen molar-refractivity contribution in [2.45, 2.75) is 46.4 Å². The summed E-state index contributed by atoms with van der Waals surface area (Å²) in [5, 5.41) is 3.72. The first kappa shape index (κ1) is 21.3. The summed E-state index contributed by atoms with van der Waals surface area (Å²) in [5.41, 5.74) is 2.59. The molecular weight excluding hydrogens is 384 g/mol. The van der Waals surface area contributed by atoms with Gasteiger partial charge in [-0.3, -0.25) is 4.98 Å². The second-order valence-electron chi connectivity index (χ2n) is 8.06. The van der Waals surface area contributed by atoms with E-state index in [4.69, 9.17) is 9.47 Å². The molecule has 1 aromatic carbocycles. The summed E-state index contributed by atoms with van der Waals surface area (Å²) in [6, 6.07) is 8.07. The topological polar surface area (TPSA) is 95.3 Å². The van der Waals surface area contributed by atoms with Crippen LogP contribution in [0.15, 0.2) is 36.7 Å². The lowest BCUT2D eigenvalue weighted by atomic mass is 10.1. The van der Waals surface area contributed by atoms with E-state index >= 15 is 0 Å². The highest BCUT2D eigenvalue weighted by Crippen LogP contribution is 2.17. The fraction of sp³-hybridized carbons (Fsp3) is 0.364. The molecule has 158 valence electrons. The molecule has 1 amide bonds. The van der Waals surface area contributed by atoms with E-state index in [0.717, 1.165) is 22.0 Å². The molecule has 0 saturated heterocycles. The highest BCUT2D eigenvalue weighted by molar-refractivity contribution is 5.87. The number of fused-ring (bicyclic) bond motifs is 1. The van der Waals surface area contributed by atoms with Crippen molar-refractivity contribution in [1.82, 2.24) is 19.9 Å². The lowest BCUT2D eigenvalue weighted by Gasteiger charge is -2.19. The number of methoxy groups -OCH3 is 1. The summed E-state index contributed by atoms with van der Waals surface area (Å²) in [6.07, 6.45) is 2.90. The Morgan fingerprint density at radius 1 is 1.20 bits per heavy atom. The van der Waals surface area contributed by atoms with Crippen molar-refractivity contribution in [1.29, 1.82) is 0 Å². The summed E-state index contributed by atoms with van der Waals surface area (Å²) in [5.74, 6) is -0.0191. The number of aryl methyl sites for hydroxylation is 1. The average molecular weight is 410 g/mol. The summed E-state index contributed by atoms with van der Waals surface area (Å²) < 4.78 is 11.9. The summed E-state index contributed by atoms with van der Waals surface area (Å²) in [6.45, 7) is 7.95. The Morgan fingerprint density at radius 2 is 1.97 bits per heavy atom. The second kappa shape index (κ2) is 8.52. The predicted octanol–water partition coefficient (Wildman–Crippen LogP) is 3.60. The van der Waals surface area contributed by atoms with E-state index in [2.05, 4.69) is 27.4 Å². The molecule has 0 bridgehead atoms. The van der Waals surface area contributed by atoms with Crippen LogP contribution in [-0.2, 0) is 22.6 Å². The molecule has 0 spiro atoms. The van der Waals surface area contributed by atoms with Crippen molar-refractivity contribution in [3.63, 3.8) is 0 Å². The molecule has 0 saturated carbocycles. The number of rotatable bonds is 5. The zero-order valence-electron chi connectivity index (χ0n) is 17.9. The van der Waals surface area contributed by atoms with Crippen molar-refractivity contribution in [2.75, 3.05) is 7.11 Å². The predicted molar refractivity (Wildman–Crippen MR) is 112 cm³/mol. The third-order valence-corrected chi connectivity index (χ3v) is 4.28. The van der Waals surface area contributed by atoms with E-state index in [1.165, 1.54) is 7.11 Å². The maximum absolute atomic E-state index is 12.0. The molecule has 3 aromatic rings. The van der Waals surface area contributed by atoms with Crippen LogP contribution >= 0.6 is 0 Å². The van der Waals surface area contributed by atoms with Crippen LogP contribution in [0.4, 0.5) is 4.79 Å². The van der Waals surface area contributed by atoms with Gasteiger partial charge in [-0.05, 0) is 57.0 Å². The molecule has 0 aliphatic carbocycles. The number of benzene rings is 1. The second-order valence-corrected chi connectivity index (χ2v) is 8.06. The number of esters is 1. The standard InChI is InChI=1S/C22H26N4O4/c1-14-8-16-9-15(6-7-17(16)23-10-14)12-26-13-18(20(27)29-5)25-19(26)11-24-21(28)30-22(2,3)4/h6-10,13H,11-12H2,1-5H3,(H,24,28). The molecular formula is C22H26N4O4. The third kappa shape index (κ3) is 5.34. The van der Waals surface area contributed by atoms with Crippen LogP contribution in [-0.4, -0.2) is 39.3 Å². The molecule has 8 nitrogen and oxygen atoms in total. The Hall–Kier alpha value is -3.42. The number of alkyl carbamates (subject to hydrolysis) is 1. The number of imidazole rings is 1. The number of nitrogens with zero attached hydrogens (tertiary/aromatic N) is 3. The lowest BCUT2D eigenvalue weighted by molar-refractivity contribution is 0.0521. The first-order chi connectivity index (χ1) is 14.1. The van der Waals surface area contributed by atoms with Crippen LogP contribution in [0, 0.1) is 6.92 Å². The smallest absolute Gasteiger partial charge is 0.408 e. The monoisotopic (exact) mass is 410 g/mol. The number of amides is 1. The number of hydrogen-bond donors (Lipinski definition) is 1. The summed E-state index contributed by atoms with van der Waals surface area (Å²) in [7, 11) is 1.30. The summed E-state index contributed by atoms with van der Waals surface area (Å²) in [4.78, 5) is 32.7.